The van der Waals surface area contributed by atoms with Crippen molar-refractivity contribution in [1.82, 2.24) is 15.0 Å². The van der Waals surface area contributed by atoms with Crippen LogP contribution in [-0.4, -0.2) is 27.4 Å². The first-order valence-corrected chi connectivity index (χ1v) is 8.66. The Labute approximate surface area is 151 Å². The summed E-state index contributed by atoms with van der Waals surface area (Å²) in [6.45, 7) is 1.31. The van der Waals surface area contributed by atoms with Gasteiger partial charge in [0.15, 0.2) is 0 Å². The number of para-hydroxylation sites is 1. The predicted molar refractivity (Wildman–Crippen MR) is 100 cm³/mol. The molecule has 3 aromatic rings. The average molecular weight is 345 g/mol. The van der Waals surface area contributed by atoms with E-state index in [1.165, 1.54) is 11.8 Å². The zero-order valence-electron chi connectivity index (χ0n) is 14.3. The molecule has 130 valence electrons. The van der Waals surface area contributed by atoms with Crippen LogP contribution in [0.2, 0.25) is 0 Å². The number of aryl methyl sites for hydroxylation is 1. The Kier molecular flexibility index (Phi) is 4.55. The van der Waals surface area contributed by atoms with Crippen LogP contribution < -0.4 is 10.2 Å². The molecule has 2 aromatic heterocycles. The monoisotopic (exact) mass is 345 g/mol. The topological polar surface area (TPSA) is 71.0 Å². The van der Waals surface area contributed by atoms with Crippen molar-refractivity contribution in [3.05, 3.63) is 78.0 Å². The number of pyridine rings is 1. The van der Waals surface area contributed by atoms with Crippen LogP contribution in [0.25, 0.3) is 0 Å². The molecular weight excluding hydrogens is 326 g/mol. The smallest absolute Gasteiger partial charge is 0.278 e. The highest BCUT2D eigenvalue weighted by molar-refractivity contribution is 6.05. The number of nitrogens with zero attached hydrogens (tertiary/aromatic N) is 4. The molecule has 26 heavy (non-hydrogen) atoms. The highest BCUT2D eigenvalue weighted by Crippen LogP contribution is 2.27. The van der Waals surface area contributed by atoms with Crippen LogP contribution >= 0.6 is 0 Å². The minimum Gasteiger partial charge on any atom is -0.365 e. The molecule has 1 amide bonds. The number of fused-ring (bicyclic) bond motifs is 1. The number of aromatic nitrogens is 3. The third-order valence-electron chi connectivity index (χ3n) is 4.42. The SMILES string of the molecule is O=C(c1cnc(NCc2cccnc2)cn1)N1CCCc2ccccc21. The van der Waals surface area contributed by atoms with Gasteiger partial charge in [-0.05, 0) is 36.1 Å². The van der Waals surface area contributed by atoms with Gasteiger partial charge in [0.05, 0.1) is 12.4 Å². The highest BCUT2D eigenvalue weighted by Gasteiger charge is 2.24. The van der Waals surface area contributed by atoms with E-state index in [-0.39, 0.29) is 5.91 Å². The van der Waals surface area contributed by atoms with Gasteiger partial charge in [-0.15, -0.1) is 0 Å². The summed E-state index contributed by atoms with van der Waals surface area (Å²) >= 11 is 0. The Morgan fingerprint density at radius 1 is 1.08 bits per heavy atom. The number of rotatable bonds is 4. The molecule has 1 aliphatic heterocycles. The lowest BCUT2D eigenvalue weighted by Crippen LogP contribution is -2.36. The fourth-order valence-corrected chi connectivity index (χ4v) is 3.11. The van der Waals surface area contributed by atoms with Crippen molar-refractivity contribution in [3.63, 3.8) is 0 Å². The van der Waals surface area contributed by atoms with E-state index in [4.69, 9.17) is 0 Å². The van der Waals surface area contributed by atoms with E-state index in [2.05, 4.69) is 26.3 Å². The highest BCUT2D eigenvalue weighted by atomic mass is 16.2. The second-order valence-electron chi connectivity index (χ2n) is 6.19. The van der Waals surface area contributed by atoms with Gasteiger partial charge >= 0.3 is 0 Å². The maximum Gasteiger partial charge on any atom is 0.278 e. The van der Waals surface area contributed by atoms with E-state index in [1.54, 1.807) is 23.5 Å². The zero-order valence-corrected chi connectivity index (χ0v) is 14.3. The maximum absolute atomic E-state index is 12.8. The van der Waals surface area contributed by atoms with Crippen LogP contribution in [0.15, 0.2) is 61.2 Å². The van der Waals surface area contributed by atoms with Gasteiger partial charge in [0.25, 0.3) is 5.91 Å². The van der Waals surface area contributed by atoms with Crippen molar-refractivity contribution in [2.24, 2.45) is 0 Å². The molecule has 6 nitrogen and oxygen atoms in total. The first-order chi connectivity index (χ1) is 12.8. The summed E-state index contributed by atoms with van der Waals surface area (Å²) in [6.07, 6.45) is 8.63. The van der Waals surface area contributed by atoms with Crippen LogP contribution in [-0.2, 0) is 13.0 Å². The van der Waals surface area contributed by atoms with E-state index < -0.39 is 0 Å². The van der Waals surface area contributed by atoms with Crippen LogP contribution in [0.3, 0.4) is 0 Å². The molecule has 0 atom stereocenters. The summed E-state index contributed by atoms with van der Waals surface area (Å²) in [7, 11) is 0. The summed E-state index contributed by atoms with van der Waals surface area (Å²) in [5, 5.41) is 3.18. The molecule has 0 spiro atoms. The molecule has 0 saturated carbocycles. The summed E-state index contributed by atoms with van der Waals surface area (Å²) in [5.41, 5.74) is 3.59. The van der Waals surface area contributed by atoms with Crippen molar-refractivity contribution in [1.29, 1.82) is 0 Å². The van der Waals surface area contributed by atoms with Gasteiger partial charge in [0.1, 0.15) is 11.5 Å². The van der Waals surface area contributed by atoms with Crippen molar-refractivity contribution < 1.29 is 4.79 Å². The molecule has 1 aliphatic rings. The van der Waals surface area contributed by atoms with Gasteiger partial charge < -0.3 is 10.2 Å². The third kappa shape index (κ3) is 3.39. The summed E-state index contributed by atoms with van der Waals surface area (Å²) in [6, 6.07) is 11.9. The van der Waals surface area contributed by atoms with Gasteiger partial charge in [-0.2, -0.15) is 0 Å². The largest absolute Gasteiger partial charge is 0.365 e. The summed E-state index contributed by atoms with van der Waals surface area (Å²) < 4.78 is 0. The Morgan fingerprint density at radius 2 is 2.00 bits per heavy atom. The van der Waals surface area contributed by atoms with Gasteiger partial charge in [-0.1, -0.05) is 24.3 Å². The maximum atomic E-state index is 12.8. The van der Waals surface area contributed by atoms with Crippen LogP contribution in [0.4, 0.5) is 11.5 Å². The fourth-order valence-electron chi connectivity index (χ4n) is 3.11. The number of benzene rings is 1. The number of amides is 1. The Morgan fingerprint density at radius 3 is 2.81 bits per heavy atom. The molecule has 1 N–H and O–H groups in total. The van der Waals surface area contributed by atoms with E-state index in [0.29, 0.717) is 24.6 Å². The molecule has 0 fully saturated rings. The first kappa shape index (κ1) is 16.2. The van der Waals surface area contributed by atoms with Gasteiger partial charge in [0.2, 0.25) is 0 Å². The number of anilines is 2. The standard InChI is InChI=1S/C20H19N5O/c26-20(25-10-4-7-16-6-1-2-8-18(16)25)17-13-24-19(14-22-17)23-12-15-5-3-9-21-11-15/h1-3,5-6,8-9,11,13-14H,4,7,10,12H2,(H,23,24). The number of hydrogen-bond donors (Lipinski definition) is 1. The van der Waals surface area contributed by atoms with E-state index in [1.807, 2.05) is 30.3 Å². The van der Waals surface area contributed by atoms with Crippen LogP contribution in [0.5, 0.6) is 0 Å². The average Bonchev–Trinajstić information content (AvgIpc) is 2.72. The van der Waals surface area contributed by atoms with Gasteiger partial charge in [-0.3, -0.25) is 9.78 Å². The van der Waals surface area contributed by atoms with Gasteiger partial charge in [0, 0.05) is 31.2 Å². The van der Waals surface area contributed by atoms with E-state index >= 15 is 0 Å². The molecule has 3 heterocycles. The van der Waals surface area contributed by atoms with Crippen molar-refractivity contribution in [2.45, 2.75) is 19.4 Å². The van der Waals surface area contributed by atoms with Crippen molar-refractivity contribution in [2.75, 3.05) is 16.8 Å². The molecular formula is C20H19N5O. The summed E-state index contributed by atoms with van der Waals surface area (Å²) in [5.74, 6) is 0.521. The lowest BCUT2D eigenvalue weighted by atomic mass is 10.0. The lowest BCUT2D eigenvalue weighted by Gasteiger charge is -2.29. The minimum atomic E-state index is -0.108. The molecule has 1 aromatic carbocycles. The molecule has 0 bridgehead atoms. The molecule has 4 rings (SSSR count). The molecule has 0 aliphatic carbocycles. The molecule has 0 radical (unpaired) electrons. The van der Waals surface area contributed by atoms with Crippen molar-refractivity contribution in [3.8, 4) is 0 Å². The van der Waals surface area contributed by atoms with E-state index in [9.17, 15) is 4.79 Å². The Hall–Kier alpha value is -3.28. The second-order valence-corrected chi connectivity index (χ2v) is 6.19. The molecule has 6 heteroatoms. The third-order valence-corrected chi connectivity index (χ3v) is 4.42. The fraction of sp³-hybridized carbons (Fsp3) is 0.200. The number of carbonyl (C=O) groups excluding carboxylic acids is 1. The number of nitrogens with one attached hydrogen (secondary N) is 1. The Balaban J connectivity index is 1.46. The minimum absolute atomic E-state index is 0.108. The summed E-state index contributed by atoms with van der Waals surface area (Å²) in [4.78, 5) is 27.4. The van der Waals surface area contributed by atoms with Gasteiger partial charge in [-0.25, -0.2) is 9.97 Å². The van der Waals surface area contributed by atoms with E-state index in [0.717, 1.165) is 24.1 Å². The Bertz CT molecular complexity index is 896. The second kappa shape index (κ2) is 7.31. The first-order valence-electron chi connectivity index (χ1n) is 8.66. The molecule has 0 saturated heterocycles. The quantitative estimate of drug-likeness (QED) is 0.787. The van der Waals surface area contributed by atoms with Crippen molar-refractivity contribution >= 4 is 17.4 Å². The normalized spacial score (nSPS) is 13.2. The zero-order chi connectivity index (χ0) is 17.8. The van der Waals surface area contributed by atoms with Crippen LogP contribution in [0, 0.1) is 0 Å². The number of carbonyl (C=O) groups is 1. The predicted octanol–water partition coefficient (Wildman–Crippen LogP) is 3.08. The van der Waals surface area contributed by atoms with Crippen LogP contribution in [0.1, 0.15) is 28.0 Å². The number of hydrogen-bond acceptors (Lipinski definition) is 5. The molecule has 0 unspecified atom stereocenters. The lowest BCUT2D eigenvalue weighted by molar-refractivity contribution is 0.0980.